The lowest BCUT2D eigenvalue weighted by Crippen LogP contribution is -2.24. The van der Waals surface area contributed by atoms with E-state index in [1.54, 1.807) is 166 Å². The number of methoxy groups -OCH3 is 6. The number of sulfone groups is 8. The van der Waals surface area contributed by atoms with Crippen LogP contribution in [0.1, 0.15) is 211 Å². The van der Waals surface area contributed by atoms with Crippen molar-refractivity contribution < 1.29 is 105 Å². The van der Waals surface area contributed by atoms with Crippen LogP contribution >= 0.6 is 0 Å². The largest absolute Gasteiger partial charge is 0.494 e. The average Bonchev–Trinajstić information content (AvgIpc) is 1.11. The lowest BCUT2D eigenvalue weighted by atomic mass is 9.86. The van der Waals surface area contributed by atoms with Crippen LogP contribution in [-0.4, -0.2) is 110 Å². The standard InChI is InChI=1S/2C43H52O12S4/c2*1-40(2,3)23-16-27-34(52-13)29(18-23)57(46,47)31-20-25(42(7,8)9)21-32-36(31)55-38-37(54-15)33(22-26(43(10,11)12)39(38)59(32,50)51)58(48,49)30-19-24(41(4,5)6)17-28(35(30)53-14)56(27,44)45/h2*16-22H,1-15H3. The van der Waals surface area contributed by atoms with Crippen LogP contribution in [0.4, 0.5) is 0 Å². The molecule has 0 unspecified atom stereocenters. The van der Waals surface area contributed by atoms with Gasteiger partial charge in [-0.3, -0.25) is 0 Å². The summed E-state index contributed by atoms with van der Waals surface area (Å²) in [7, 11) is -32.5. The summed E-state index contributed by atoms with van der Waals surface area (Å²) in [6.07, 6.45) is 0. The highest BCUT2D eigenvalue weighted by Crippen LogP contribution is 2.61. The molecule has 12 rings (SSSR count). The van der Waals surface area contributed by atoms with E-state index in [0.29, 0.717) is 11.1 Å². The summed E-state index contributed by atoms with van der Waals surface area (Å²) in [5.74, 6) is -5.69. The molecule has 24 nitrogen and oxygen atoms in total. The lowest BCUT2D eigenvalue weighted by Gasteiger charge is -2.32. The number of benzene rings is 8. The molecule has 118 heavy (non-hydrogen) atoms. The molecule has 0 aliphatic carbocycles. The quantitative estimate of drug-likeness (QED) is 0.149. The second-order valence-corrected chi connectivity index (χ2v) is 53.1. The van der Waals surface area contributed by atoms with Gasteiger partial charge in [-0.05, 0) is 173 Å². The van der Waals surface area contributed by atoms with Crippen molar-refractivity contribution in [1.82, 2.24) is 0 Å². The molecule has 0 amide bonds. The van der Waals surface area contributed by atoms with E-state index in [2.05, 4.69) is 0 Å². The van der Waals surface area contributed by atoms with Gasteiger partial charge in [0.15, 0.2) is 57.5 Å². The van der Waals surface area contributed by atoms with E-state index in [1.807, 2.05) is 0 Å². The predicted octanol–water partition coefficient (Wildman–Crippen LogP) is 17.3. The monoisotopic (exact) mass is 1780 g/mol. The minimum atomic E-state index is -5.00. The summed E-state index contributed by atoms with van der Waals surface area (Å²) in [4.78, 5) is -8.72. The van der Waals surface area contributed by atoms with E-state index in [4.69, 9.17) is 37.9 Å². The zero-order valence-corrected chi connectivity index (χ0v) is 78.7. The molecule has 640 valence electrons. The molecule has 0 spiro atoms. The zero-order valence-electron chi connectivity index (χ0n) is 72.1. The smallest absolute Gasteiger partial charge is 0.214 e. The lowest BCUT2D eigenvalue weighted by molar-refractivity contribution is 0.347. The van der Waals surface area contributed by atoms with Crippen LogP contribution in [0.3, 0.4) is 0 Å². The highest BCUT2D eigenvalue weighted by Gasteiger charge is 2.51. The third kappa shape index (κ3) is 14.4. The molecule has 0 aromatic heterocycles. The van der Waals surface area contributed by atoms with Gasteiger partial charge in [0.05, 0.1) is 42.7 Å². The van der Waals surface area contributed by atoms with Gasteiger partial charge in [0.1, 0.15) is 78.3 Å². The fourth-order valence-corrected chi connectivity index (χ4v) is 28.6. The van der Waals surface area contributed by atoms with E-state index < -0.39 is 258 Å². The van der Waals surface area contributed by atoms with Crippen molar-refractivity contribution in [3.63, 3.8) is 0 Å². The van der Waals surface area contributed by atoms with Crippen LogP contribution in [0.5, 0.6) is 57.5 Å². The maximum Gasteiger partial charge on any atom is 0.214 e. The molecule has 0 saturated carbocycles. The minimum Gasteiger partial charge on any atom is -0.494 e. The second-order valence-electron chi connectivity index (χ2n) is 38.1. The average molecular weight is 1780 g/mol. The summed E-state index contributed by atoms with van der Waals surface area (Å²) in [5.41, 5.74) is -5.51. The van der Waals surface area contributed by atoms with Gasteiger partial charge in [0, 0.05) is 0 Å². The molecule has 4 aliphatic heterocycles. The van der Waals surface area contributed by atoms with Crippen molar-refractivity contribution in [2.45, 2.75) is 288 Å². The van der Waals surface area contributed by atoms with Crippen LogP contribution in [0, 0.1) is 0 Å². The summed E-state index contributed by atoms with van der Waals surface area (Å²) in [5, 5.41) is 0. The van der Waals surface area contributed by atoms with E-state index in [0.717, 1.165) is 42.7 Å². The van der Waals surface area contributed by atoms with Crippen molar-refractivity contribution in [3.05, 3.63) is 129 Å². The fraction of sp³-hybridized carbons (Fsp3) is 0.442. The van der Waals surface area contributed by atoms with Crippen molar-refractivity contribution in [2.75, 3.05) is 42.7 Å². The van der Waals surface area contributed by atoms with Gasteiger partial charge in [-0.15, -0.1) is 0 Å². The Hall–Kier alpha value is -8.24. The first kappa shape index (κ1) is 90.5. The molecular formula is C86H104O24S8. The molecule has 14 bridgehead atoms. The highest BCUT2D eigenvalue weighted by molar-refractivity contribution is 7.95. The van der Waals surface area contributed by atoms with E-state index in [9.17, 15) is 0 Å². The zero-order chi connectivity index (χ0) is 89.2. The van der Waals surface area contributed by atoms with Crippen LogP contribution in [0.25, 0.3) is 0 Å². The Bertz CT molecular complexity index is 6270. The molecular weight excluding hydrogens is 1670 g/mol. The normalized spacial score (nSPS) is 17.6. The van der Waals surface area contributed by atoms with Gasteiger partial charge >= 0.3 is 0 Å². The number of hydrogen-bond acceptors (Lipinski definition) is 24. The SMILES string of the molecule is COc1c2cc(C(C)(C)C)cc1S(=O)(=O)c1cc(C(C)(C)C)cc3c1Oc1c(OC)c(cc(C(C)(C)C)c1S3(=O)=O)S(=O)(=O)c1cc(C(C)(C)C)cc(c1OC)S2(=O)=O.COc1c2cc(C(C)(C)C)cc1S(=O)(=O)c1cc(C(C)(C)C)cc3c1Oc1c(OC)c(cc(C(C)(C)C)c1S3(=O)=O)S(=O)(=O)c1cc(C(C)(C)C)cc(c1OC)S2(=O)=O. The Morgan fingerprint density at radius 1 is 0.186 bits per heavy atom. The van der Waals surface area contributed by atoms with Gasteiger partial charge in [-0.25, -0.2) is 67.3 Å². The number of ether oxygens (including phenoxy) is 8. The van der Waals surface area contributed by atoms with Gasteiger partial charge < -0.3 is 37.9 Å². The molecule has 8 aromatic carbocycles. The maximum absolute atomic E-state index is 15.6. The third-order valence-electron chi connectivity index (χ3n) is 21.5. The molecule has 4 heterocycles. The van der Waals surface area contributed by atoms with E-state index in [1.165, 1.54) is 84.9 Å². The first-order chi connectivity index (χ1) is 53.4. The van der Waals surface area contributed by atoms with Crippen molar-refractivity contribution >= 4 is 78.7 Å². The topological polar surface area (TPSA) is 347 Å². The number of rotatable bonds is 6. The Balaban J connectivity index is 0.000000231. The summed E-state index contributed by atoms with van der Waals surface area (Å²) < 4.78 is 294. The summed E-state index contributed by atoms with van der Waals surface area (Å²) in [6.45, 7) is 42.1. The molecule has 4 aliphatic rings. The summed E-state index contributed by atoms with van der Waals surface area (Å²) in [6, 6.07) is 18.2. The molecule has 0 fully saturated rings. The second kappa shape index (κ2) is 28.2. The van der Waals surface area contributed by atoms with Crippen molar-refractivity contribution in [1.29, 1.82) is 0 Å². The first-order valence-electron chi connectivity index (χ1n) is 37.5. The van der Waals surface area contributed by atoms with Crippen molar-refractivity contribution in [3.8, 4) is 57.5 Å². The van der Waals surface area contributed by atoms with Crippen molar-refractivity contribution in [2.24, 2.45) is 0 Å². The Morgan fingerprint density at radius 2 is 0.331 bits per heavy atom. The number of fused-ring (bicyclic) bond motifs is 10. The fourth-order valence-electron chi connectivity index (χ4n) is 14.4. The van der Waals surface area contributed by atoms with Crippen LogP contribution in [-0.2, 0) is 122 Å². The number of hydrogen-bond donors (Lipinski definition) is 0. The maximum atomic E-state index is 15.6. The molecule has 32 heteroatoms. The molecule has 0 atom stereocenters. The highest BCUT2D eigenvalue weighted by atomic mass is 32.2. The van der Waals surface area contributed by atoms with E-state index >= 15 is 67.3 Å². The Morgan fingerprint density at radius 3 is 0.483 bits per heavy atom. The third-order valence-corrected chi connectivity index (χ3v) is 35.7. The minimum absolute atomic E-state index is 0.0225. The Kier molecular flexibility index (Phi) is 21.6. The van der Waals surface area contributed by atoms with Gasteiger partial charge in [0.25, 0.3) is 0 Å². The molecule has 8 aromatic rings. The van der Waals surface area contributed by atoms with Gasteiger partial charge in [0.2, 0.25) is 78.7 Å². The van der Waals surface area contributed by atoms with Crippen LogP contribution in [0.15, 0.2) is 163 Å². The summed E-state index contributed by atoms with van der Waals surface area (Å²) >= 11 is 0. The molecule has 0 radical (unpaired) electrons. The van der Waals surface area contributed by atoms with Gasteiger partial charge in [-0.2, -0.15) is 0 Å². The molecule has 0 N–H and O–H groups in total. The van der Waals surface area contributed by atoms with E-state index in [-0.39, 0.29) is 33.4 Å². The Labute approximate surface area is 696 Å². The molecule has 0 saturated heterocycles. The first-order valence-corrected chi connectivity index (χ1v) is 49.4. The predicted molar refractivity (Wildman–Crippen MR) is 444 cm³/mol. The van der Waals surface area contributed by atoms with Crippen LogP contribution < -0.4 is 37.9 Å². The van der Waals surface area contributed by atoms with Crippen LogP contribution in [0.2, 0.25) is 0 Å². The van der Waals surface area contributed by atoms with Gasteiger partial charge in [-0.1, -0.05) is 166 Å².